The summed E-state index contributed by atoms with van der Waals surface area (Å²) in [6.45, 7) is 6.86. The van der Waals surface area contributed by atoms with Crippen LogP contribution in [-0.2, 0) is 19.2 Å². The van der Waals surface area contributed by atoms with E-state index in [0.717, 1.165) is 19.3 Å². The fourth-order valence-corrected chi connectivity index (χ4v) is 3.83. The molecule has 1 fully saturated rings. The molecular weight excluding hydrogens is 360 g/mol. The molecule has 0 amide bonds. The minimum Gasteiger partial charge on any atom is -0.211 e. The number of hydrogen-bond donors (Lipinski definition) is 0. The number of nitrogens with zero attached hydrogens (tertiary/aromatic N) is 4. The molecule has 1 aliphatic rings. The Bertz CT molecular complexity index is 839. The number of benzene rings is 1. The molecule has 1 saturated carbocycles. The highest BCUT2D eigenvalue weighted by Gasteiger charge is 2.41. The molecule has 2 unspecified atom stereocenters. The third kappa shape index (κ3) is 7.96. The van der Waals surface area contributed by atoms with Gasteiger partial charge in [-0.1, -0.05) is 26.8 Å². The summed E-state index contributed by atoms with van der Waals surface area (Å²) in [6, 6.07) is 6.33. The molecule has 2 rings (SSSR count). The molecule has 1 aromatic carbocycles. The summed E-state index contributed by atoms with van der Waals surface area (Å²) in [4.78, 5) is 54.4. The third-order valence-corrected chi connectivity index (χ3v) is 4.36. The van der Waals surface area contributed by atoms with Gasteiger partial charge in [-0.25, -0.2) is 29.2 Å². The maximum Gasteiger partial charge on any atom is 0.240 e. The number of isocyanates is 4. The van der Waals surface area contributed by atoms with Crippen LogP contribution in [0.2, 0.25) is 0 Å². The van der Waals surface area contributed by atoms with Gasteiger partial charge in [0.2, 0.25) is 24.3 Å². The van der Waals surface area contributed by atoms with Crippen molar-refractivity contribution < 1.29 is 19.2 Å². The van der Waals surface area contributed by atoms with Crippen molar-refractivity contribution in [2.45, 2.75) is 46.1 Å². The third-order valence-electron chi connectivity index (χ3n) is 4.36. The van der Waals surface area contributed by atoms with Crippen molar-refractivity contribution in [3.05, 3.63) is 24.3 Å². The molecule has 0 N–H and O–H groups in total. The first-order valence-electron chi connectivity index (χ1n) is 8.64. The van der Waals surface area contributed by atoms with Gasteiger partial charge < -0.3 is 0 Å². The van der Waals surface area contributed by atoms with Crippen LogP contribution in [0.25, 0.3) is 0 Å². The summed E-state index contributed by atoms with van der Waals surface area (Å²) >= 11 is 0. The van der Waals surface area contributed by atoms with Crippen molar-refractivity contribution in [1.29, 1.82) is 0 Å². The lowest BCUT2D eigenvalue weighted by Gasteiger charge is -2.44. The van der Waals surface area contributed by atoms with Crippen LogP contribution in [0, 0.1) is 10.8 Å². The molecule has 0 saturated heterocycles. The van der Waals surface area contributed by atoms with E-state index < -0.39 is 0 Å². The second kappa shape index (κ2) is 10.8. The van der Waals surface area contributed by atoms with Gasteiger partial charge >= 0.3 is 0 Å². The molecular formula is C20H22N4O4. The molecule has 0 radical (unpaired) electrons. The smallest absolute Gasteiger partial charge is 0.211 e. The Hall–Kier alpha value is -3.26. The molecule has 0 aliphatic heterocycles. The normalized spacial score (nSPS) is 21.9. The Morgan fingerprint density at radius 3 is 2.04 bits per heavy atom. The summed E-state index contributed by atoms with van der Waals surface area (Å²) in [5, 5.41) is 0. The van der Waals surface area contributed by atoms with Gasteiger partial charge in [-0.2, -0.15) is 9.98 Å². The van der Waals surface area contributed by atoms with Crippen LogP contribution < -0.4 is 0 Å². The summed E-state index contributed by atoms with van der Waals surface area (Å²) in [5.74, 6) is 0. The van der Waals surface area contributed by atoms with Crippen molar-refractivity contribution in [2.75, 3.05) is 6.54 Å². The SMILES string of the molecule is CC1(C)CC(N=C=O)CC(C)(CN=C=O)C1.O=C=Nc1cccc(N=C=O)c1. The number of hydrogen-bond acceptors (Lipinski definition) is 8. The van der Waals surface area contributed by atoms with E-state index in [1.807, 2.05) is 0 Å². The second-order valence-corrected chi connectivity index (χ2v) is 7.77. The van der Waals surface area contributed by atoms with E-state index in [9.17, 15) is 19.2 Å². The first kappa shape index (κ1) is 22.8. The number of aliphatic imine (C=N–C) groups is 4. The van der Waals surface area contributed by atoms with Gasteiger partial charge in [-0.3, -0.25) is 0 Å². The Morgan fingerprint density at radius 2 is 1.54 bits per heavy atom. The van der Waals surface area contributed by atoms with E-state index in [-0.39, 0.29) is 16.9 Å². The molecule has 0 heterocycles. The fraction of sp³-hybridized carbons (Fsp3) is 0.500. The first-order chi connectivity index (χ1) is 13.3. The summed E-state index contributed by atoms with van der Waals surface area (Å²) in [6.07, 6.45) is 8.66. The lowest BCUT2D eigenvalue weighted by Crippen LogP contribution is -2.39. The van der Waals surface area contributed by atoms with Crippen LogP contribution >= 0.6 is 0 Å². The molecule has 146 valence electrons. The average Bonchev–Trinajstić information content (AvgIpc) is 2.60. The van der Waals surface area contributed by atoms with Gasteiger partial charge in [-0.05, 0) is 48.3 Å². The summed E-state index contributed by atoms with van der Waals surface area (Å²) < 4.78 is 0. The highest BCUT2D eigenvalue weighted by Crippen LogP contribution is 2.47. The highest BCUT2D eigenvalue weighted by atomic mass is 16.1. The van der Waals surface area contributed by atoms with E-state index in [1.54, 1.807) is 30.4 Å². The minimum absolute atomic E-state index is 0.00750. The zero-order valence-electron chi connectivity index (χ0n) is 16.1. The molecule has 1 aromatic rings. The maximum atomic E-state index is 10.3. The monoisotopic (exact) mass is 382 g/mol. The first-order valence-corrected chi connectivity index (χ1v) is 8.64. The molecule has 0 bridgehead atoms. The van der Waals surface area contributed by atoms with E-state index in [0.29, 0.717) is 17.9 Å². The van der Waals surface area contributed by atoms with E-state index >= 15 is 0 Å². The van der Waals surface area contributed by atoms with Crippen LogP contribution in [0.5, 0.6) is 0 Å². The predicted molar refractivity (Wildman–Crippen MR) is 103 cm³/mol. The lowest BCUT2D eigenvalue weighted by molar-refractivity contribution is 0.0915. The van der Waals surface area contributed by atoms with Crippen LogP contribution in [0.1, 0.15) is 40.0 Å². The zero-order chi connectivity index (χ0) is 21.0. The lowest BCUT2D eigenvalue weighted by atomic mass is 9.63. The van der Waals surface area contributed by atoms with Crippen LogP contribution in [0.3, 0.4) is 0 Å². The van der Waals surface area contributed by atoms with Crippen LogP contribution in [0.4, 0.5) is 11.4 Å². The molecule has 8 heteroatoms. The molecule has 2 atom stereocenters. The van der Waals surface area contributed by atoms with Gasteiger partial charge in [0.15, 0.2) is 0 Å². The van der Waals surface area contributed by atoms with Crippen molar-refractivity contribution >= 4 is 35.7 Å². The van der Waals surface area contributed by atoms with Crippen LogP contribution in [-0.4, -0.2) is 36.9 Å². The Kier molecular flexibility index (Phi) is 8.77. The van der Waals surface area contributed by atoms with Crippen molar-refractivity contribution in [2.24, 2.45) is 30.8 Å². The largest absolute Gasteiger partial charge is 0.240 e. The molecule has 0 spiro atoms. The summed E-state index contributed by atoms with van der Waals surface area (Å²) in [7, 11) is 0. The van der Waals surface area contributed by atoms with Gasteiger partial charge in [0, 0.05) is 0 Å². The molecule has 8 nitrogen and oxygen atoms in total. The minimum atomic E-state index is -0.0653. The standard InChI is InChI=1S/C12H18N2O2.C8H4N2O2/c1-11(2)4-10(14-9-16)5-12(3,6-11)7-13-8-15;11-5-9-7-2-1-3-8(4-7)10-6-12/h10H,4-7H2,1-3H3;1-4H. The van der Waals surface area contributed by atoms with E-state index in [4.69, 9.17) is 0 Å². The second-order valence-electron chi connectivity index (χ2n) is 7.77. The molecule has 28 heavy (non-hydrogen) atoms. The van der Waals surface area contributed by atoms with Gasteiger partial charge in [0.1, 0.15) is 0 Å². The van der Waals surface area contributed by atoms with Crippen molar-refractivity contribution in [1.82, 2.24) is 0 Å². The van der Waals surface area contributed by atoms with Crippen molar-refractivity contribution in [3.8, 4) is 0 Å². The number of carbonyl (C=O) groups excluding carboxylic acids is 4. The highest BCUT2D eigenvalue weighted by molar-refractivity contribution is 5.58. The zero-order valence-corrected chi connectivity index (χ0v) is 16.1. The van der Waals surface area contributed by atoms with Gasteiger partial charge in [0.25, 0.3) is 0 Å². The maximum absolute atomic E-state index is 10.3. The Morgan fingerprint density at radius 1 is 0.929 bits per heavy atom. The summed E-state index contributed by atoms with van der Waals surface area (Å²) in [5.41, 5.74) is 0.892. The average molecular weight is 382 g/mol. The van der Waals surface area contributed by atoms with E-state index in [2.05, 4.69) is 40.7 Å². The molecule has 0 aromatic heterocycles. The fourth-order valence-electron chi connectivity index (χ4n) is 3.83. The Labute approximate surface area is 163 Å². The van der Waals surface area contributed by atoms with Crippen LogP contribution in [0.15, 0.2) is 44.2 Å². The van der Waals surface area contributed by atoms with Gasteiger partial charge in [-0.15, -0.1) is 0 Å². The van der Waals surface area contributed by atoms with E-state index in [1.165, 1.54) is 18.2 Å². The number of rotatable bonds is 5. The molecule has 1 aliphatic carbocycles. The van der Waals surface area contributed by atoms with Crippen molar-refractivity contribution in [3.63, 3.8) is 0 Å². The quantitative estimate of drug-likeness (QED) is 0.567. The predicted octanol–water partition coefficient (Wildman–Crippen LogP) is 3.86. The Balaban J connectivity index is 0.000000292. The topological polar surface area (TPSA) is 118 Å². The van der Waals surface area contributed by atoms with Gasteiger partial charge in [0.05, 0.1) is 24.0 Å².